The zero-order valence-corrected chi connectivity index (χ0v) is 13.5. The van der Waals surface area contributed by atoms with Crippen molar-refractivity contribution in [3.05, 3.63) is 84.9 Å². The fourth-order valence-electron chi connectivity index (χ4n) is 3.20. The van der Waals surface area contributed by atoms with E-state index in [0.29, 0.717) is 10.4 Å². The van der Waals surface area contributed by atoms with Gasteiger partial charge in [0.15, 0.2) is 0 Å². The molecule has 0 bridgehead atoms. The van der Waals surface area contributed by atoms with Gasteiger partial charge in [-0.1, -0.05) is 84.9 Å². The number of fused-ring (bicyclic) bond motifs is 2. The molecule has 0 atom stereocenters. The molecule has 4 aromatic rings. The first kappa shape index (κ1) is 14.1. The molecule has 0 aliphatic carbocycles. The molecule has 0 fully saturated rings. The molecule has 112 valence electrons. The lowest BCUT2D eigenvalue weighted by Crippen LogP contribution is -2.59. The first-order valence-electron chi connectivity index (χ1n) is 7.59. The Balaban J connectivity index is 2.02. The lowest BCUT2D eigenvalue weighted by molar-refractivity contribution is 0.402. The minimum absolute atomic E-state index is 0.631. The van der Waals surface area contributed by atoms with E-state index in [-0.39, 0.29) is 0 Å². The van der Waals surface area contributed by atoms with Crippen molar-refractivity contribution < 1.29 is 9.59 Å². The minimum atomic E-state index is -3.78. The summed E-state index contributed by atoms with van der Waals surface area (Å²) in [4.78, 5) is 22.3. The largest absolute Gasteiger partial charge is 0.404 e. The van der Waals surface area contributed by atoms with Crippen molar-refractivity contribution in [1.29, 1.82) is 0 Å². The van der Waals surface area contributed by atoms with Gasteiger partial charge in [0.1, 0.15) is 0 Å². The molecule has 0 aliphatic heterocycles. The molecule has 0 heterocycles. The monoisotopic (exact) mass is 316 g/mol. The normalized spacial score (nSPS) is 11.9. The summed E-state index contributed by atoms with van der Waals surface area (Å²) in [6.07, 6.45) is 0. The van der Waals surface area contributed by atoms with E-state index in [0.717, 1.165) is 21.5 Å². The summed E-state index contributed by atoms with van der Waals surface area (Å²) in [6, 6.07) is 27.1. The average Bonchev–Trinajstić information content (AvgIpc) is 2.60. The fraction of sp³-hybridized carbons (Fsp3) is 0. The Bertz CT molecular complexity index is 916. The molecule has 0 spiro atoms. The number of hydrogen-bond donors (Lipinski definition) is 2. The standard InChI is InChI=1S/C20H16O2Si/c21-23(22,19-13-5-9-15-7-1-3-11-17(15)19)20-14-6-10-16-8-2-4-12-18(16)20/h1-14,21-22H. The van der Waals surface area contributed by atoms with E-state index >= 15 is 0 Å². The van der Waals surface area contributed by atoms with E-state index in [4.69, 9.17) is 0 Å². The zero-order chi connectivity index (χ0) is 15.9. The Morgan fingerprint density at radius 2 is 0.870 bits per heavy atom. The van der Waals surface area contributed by atoms with Crippen LogP contribution < -0.4 is 10.4 Å². The van der Waals surface area contributed by atoms with E-state index < -0.39 is 8.56 Å². The van der Waals surface area contributed by atoms with Crippen LogP contribution in [0.1, 0.15) is 0 Å². The van der Waals surface area contributed by atoms with Crippen molar-refractivity contribution in [3.8, 4) is 0 Å². The van der Waals surface area contributed by atoms with Crippen LogP contribution in [0.25, 0.3) is 21.5 Å². The van der Waals surface area contributed by atoms with Crippen molar-refractivity contribution in [2.75, 3.05) is 0 Å². The summed E-state index contributed by atoms with van der Waals surface area (Å²) in [5, 5.41) is 5.11. The van der Waals surface area contributed by atoms with Gasteiger partial charge in [0.05, 0.1) is 0 Å². The molecule has 0 saturated heterocycles. The molecule has 0 aliphatic rings. The third-order valence-electron chi connectivity index (χ3n) is 4.33. The van der Waals surface area contributed by atoms with E-state index in [1.807, 2.05) is 84.9 Å². The van der Waals surface area contributed by atoms with Crippen LogP contribution in [0, 0.1) is 0 Å². The van der Waals surface area contributed by atoms with Gasteiger partial charge in [0.25, 0.3) is 0 Å². The highest BCUT2D eigenvalue weighted by molar-refractivity contribution is 6.93. The zero-order valence-electron chi connectivity index (χ0n) is 12.5. The Hall–Kier alpha value is -2.46. The molecule has 0 unspecified atom stereocenters. The molecule has 3 heteroatoms. The summed E-state index contributed by atoms with van der Waals surface area (Å²) >= 11 is 0. The Labute approximate surface area is 135 Å². The van der Waals surface area contributed by atoms with Crippen LogP contribution in [0.2, 0.25) is 0 Å². The van der Waals surface area contributed by atoms with Gasteiger partial charge in [-0.15, -0.1) is 0 Å². The van der Waals surface area contributed by atoms with Gasteiger partial charge >= 0.3 is 8.56 Å². The lowest BCUT2D eigenvalue weighted by atomic mass is 10.1. The second-order valence-electron chi connectivity index (χ2n) is 5.73. The SMILES string of the molecule is O[Si](O)(c1cccc2ccccc12)c1cccc2ccccc12. The predicted molar refractivity (Wildman–Crippen MR) is 97.4 cm³/mol. The highest BCUT2D eigenvalue weighted by atomic mass is 28.4. The molecule has 23 heavy (non-hydrogen) atoms. The molecule has 2 N–H and O–H groups in total. The Morgan fingerprint density at radius 3 is 1.35 bits per heavy atom. The molecular weight excluding hydrogens is 300 g/mol. The Kier molecular flexibility index (Phi) is 3.27. The van der Waals surface area contributed by atoms with Crippen molar-refractivity contribution in [1.82, 2.24) is 0 Å². The second-order valence-corrected chi connectivity index (χ2v) is 8.15. The van der Waals surface area contributed by atoms with Crippen LogP contribution in [0.15, 0.2) is 84.9 Å². The quantitative estimate of drug-likeness (QED) is 0.558. The molecule has 0 aromatic heterocycles. The van der Waals surface area contributed by atoms with E-state index in [1.165, 1.54) is 0 Å². The van der Waals surface area contributed by atoms with Crippen LogP contribution in [0.3, 0.4) is 0 Å². The van der Waals surface area contributed by atoms with Gasteiger partial charge in [0.2, 0.25) is 0 Å². The highest BCUT2D eigenvalue weighted by Gasteiger charge is 2.37. The van der Waals surface area contributed by atoms with Gasteiger partial charge in [-0.2, -0.15) is 0 Å². The molecule has 4 rings (SSSR count). The predicted octanol–water partition coefficient (Wildman–Crippen LogP) is 2.53. The third kappa shape index (κ3) is 2.26. The molecule has 0 amide bonds. The maximum absolute atomic E-state index is 11.1. The first-order valence-corrected chi connectivity index (χ1v) is 9.48. The van der Waals surface area contributed by atoms with Crippen LogP contribution in [-0.4, -0.2) is 18.2 Å². The number of hydrogen-bond acceptors (Lipinski definition) is 2. The first-order chi connectivity index (χ1) is 11.2. The number of rotatable bonds is 2. The fourth-order valence-corrected chi connectivity index (χ4v) is 5.36. The maximum Gasteiger partial charge on any atom is 0.402 e. The smallest absolute Gasteiger partial charge is 0.402 e. The van der Waals surface area contributed by atoms with E-state index in [9.17, 15) is 9.59 Å². The highest BCUT2D eigenvalue weighted by Crippen LogP contribution is 2.17. The third-order valence-corrected chi connectivity index (χ3v) is 6.70. The van der Waals surface area contributed by atoms with E-state index in [1.54, 1.807) is 0 Å². The maximum atomic E-state index is 11.1. The molecule has 0 radical (unpaired) electrons. The van der Waals surface area contributed by atoms with Crippen molar-refractivity contribution in [2.24, 2.45) is 0 Å². The summed E-state index contributed by atoms with van der Waals surface area (Å²) in [5.74, 6) is 0. The van der Waals surface area contributed by atoms with Gasteiger partial charge in [-0.25, -0.2) is 0 Å². The van der Waals surface area contributed by atoms with Crippen LogP contribution in [-0.2, 0) is 0 Å². The van der Waals surface area contributed by atoms with Gasteiger partial charge < -0.3 is 9.59 Å². The topological polar surface area (TPSA) is 40.5 Å². The van der Waals surface area contributed by atoms with E-state index in [2.05, 4.69) is 0 Å². The van der Waals surface area contributed by atoms with Crippen molar-refractivity contribution in [3.63, 3.8) is 0 Å². The van der Waals surface area contributed by atoms with Gasteiger partial charge in [-0.05, 0) is 21.5 Å². The van der Waals surface area contributed by atoms with Crippen LogP contribution >= 0.6 is 0 Å². The second kappa shape index (κ2) is 5.32. The molecule has 0 saturated carbocycles. The molecular formula is C20H16O2Si. The summed E-state index contributed by atoms with van der Waals surface area (Å²) in [6.45, 7) is 0. The van der Waals surface area contributed by atoms with Crippen LogP contribution in [0.4, 0.5) is 0 Å². The summed E-state index contributed by atoms with van der Waals surface area (Å²) in [7, 11) is -3.78. The minimum Gasteiger partial charge on any atom is -0.404 e. The number of benzene rings is 4. The Morgan fingerprint density at radius 1 is 0.478 bits per heavy atom. The molecule has 2 nitrogen and oxygen atoms in total. The molecule has 4 aromatic carbocycles. The van der Waals surface area contributed by atoms with Gasteiger partial charge in [0, 0.05) is 10.4 Å². The van der Waals surface area contributed by atoms with Crippen LogP contribution in [0.5, 0.6) is 0 Å². The summed E-state index contributed by atoms with van der Waals surface area (Å²) < 4.78 is 0. The summed E-state index contributed by atoms with van der Waals surface area (Å²) in [5.41, 5.74) is 0. The van der Waals surface area contributed by atoms with Crippen molar-refractivity contribution in [2.45, 2.75) is 0 Å². The average molecular weight is 316 g/mol. The lowest BCUT2D eigenvalue weighted by Gasteiger charge is -2.22. The van der Waals surface area contributed by atoms with Gasteiger partial charge in [-0.3, -0.25) is 0 Å². The van der Waals surface area contributed by atoms with Crippen molar-refractivity contribution >= 4 is 40.5 Å².